The lowest BCUT2D eigenvalue weighted by Crippen LogP contribution is -1.55. The van der Waals surface area contributed by atoms with E-state index in [4.69, 9.17) is 0 Å². The second-order valence-corrected chi connectivity index (χ2v) is 1.56. The Labute approximate surface area is 141 Å². The van der Waals surface area contributed by atoms with Crippen molar-refractivity contribution in [3.8, 4) is 11.8 Å². The van der Waals surface area contributed by atoms with Gasteiger partial charge in [0.1, 0.15) is 0 Å². The number of hydrogen-bond donors (Lipinski definition) is 0. The topological polar surface area (TPSA) is 0 Å². The van der Waals surface area contributed by atoms with E-state index in [1.165, 1.54) is 0 Å². The molecule has 0 saturated carbocycles. The Kier molecular flexibility index (Phi) is 582. The first-order valence-corrected chi connectivity index (χ1v) is 8.84. The molecular formula is C21H50. The summed E-state index contributed by atoms with van der Waals surface area (Å²) in [4.78, 5) is 0. The minimum absolute atomic E-state index is 0.928. The lowest BCUT2D eigenvalue weighted by Gasteiger charge is -1.69. The van der Waals surface area contributed by atoms with E-state index in [-0.39, 0.29) is 0 Å². The van der Waals surface area contributed by atoms with Gasteiger partial charge >= 0.3 is 0 Å². The molecule has 134 valence electrons. The van der Waals surface area contributed by atoms with Crippen molar-refractivity contribution in [2.75, 3.05) is 0 Å². The van der Waals surface area contributed by atoms with Gasteiger partial charge in [0.15, 0.2) is 0 Å². The van der Waals surface area contributed by atoms with Gasteiger partial charge in [0, 0.05) is 0 Å². The highest BCUT2D eigenvalue weighted by Gasteiger charge is 1.62. The zero-order chi connectivity index (χ0) is 19.7. The van der Waals surface area contributed by atoms with Crippen LogP contribution >= 0.6 is 0 Å². The van der Waals surface area contributed by atoms with Crippen LogP contribution in [-0.2, 0) is 0 Å². The quantitative estimate of drug-likeness (QED) is 0.309. The number of allylic oxidation sites excluding steroid dienone is 2. The van der Waals surface area contributed by atoms with Gasteiger partial charge in [0.05, 0.1) is 0 Å². The normalized spacial score (nSPS) is 3.95. The van der Waals surface area contributed by atoms with Gasteiger partial charge in [0.25, 0.3) is 0 Å². The zero-order valence-corrected chi connectivity index (χ0v) is 18.5. The van der Waals surface area contributed by atoms with Crippen molar-refractivity contribution in [1.29, 1.82) is 0 Å². The molecule has 0 bridgehead atoms. The molecule has 0 saturated heterocycles. The summed E-state index contributed by atoms with van der Waals surface area (Å²) < 4.78 is 0. The molecule has 0 spiro atoms. The molecule has 0 aliphatic carbocycles. The molecule has 0 unspecified atom stereocenters. The molecule has 0 aromatic rings. The summed E-state index contributed by atoms with van der Waals surface area (Å²) in [5.74, 6) is 5.48. The van der Waals surface area contributed by atoms with Crippen molar-refractivity contribution in [2.45, 2.75) is 104 Å². The standard InChI is InChI=1S/C6H8.C3H6.6C2H6/c1-4-5-6(2)3;1-3-2;6*1-2/h2H2,1,3H3;3H,1H2,2H3;6*1-2H3. The van der Waals surface area contributed by atoms with Crippen molar-refractivity contribution in [3.63, 3.8) is 0 Å². The highest BCUT2D eigenvalue weighted by Crippen LogP contribution is 1.77. The summed E-state index contributed by atoms with van der Waals surface area (Å²) in [6.45, 7) is 36.5. The van der Waals surface area contributed by atoms with Crippen molar-refractivity contribution in [2.24, 2.45) is 0 Å². The van der Waals surface area contributed by atoms with E-state index >= 15 is 0 Å². The summed E-state index contributed by atoms with van der Waals surface area (Å²) in [5, 5.41) is 0. The van der Waals surface area contributed by atoms with Crippen LogP contribution in [0.15, 0.2) is 24.8 Å². The summed E-state index contributed by atoms with van der Waals surface area (Å²) >= 11 is 0. The first kappa shape index (κ1) is 50.1. The van der Waals surface area contributed by atoms with Crippen molar-refractivity contribution in [1.82, 2.24) is 0 Å². The molecule has 0 aromatic carbocycles. The average Bonchev–Trinajstić information content (AvgIpc) is 2.59. The fourth-order valence-corrected chi connectivity index (χ4v) is 0.213. The van der Waals surface area contributed by atoms with Crippen LogP contribution in [0.5, 0.6) is 0 Å². The minimum atomic E-state index is 0.928. The molecule has 0 fully saturated rings. The van der Waals surface area contributed by atoms with Gasteiger partial charge in [0.2, 0.25) is 0 Å². The monoisotopic (exact) mass is 302 g/mol. The lowest BCUT2D eigenvalue weighted by molar-refractivity contribution is 1.50. The van der Waals surface area contributed by atoms with Crippen LogP contribution in [0.1, 0.15) is 104 Å². The van der Waals surface area contributed by atoms with Crippen molar-refractivity contribution >= 4 is 0 Å². The van der Waals surface area contributed by atoms with E-state index < -0.39 is 0 Å². The number of hydrogen-bond acceptors (Lipinski definition) is 0. The second-order valence-electron chi connectivity index (χ2n) is 1.56. The molecule has 0 heteroatoms. The summed E-state index contributed by atoms with van der Waals surface area (Å²) in [5.41, 5.74) is 0.928. The Morgan fingerprint density at radius 1 is 0.714 bits per heavy atom. The minimum Gasteiger partial charge on any atom is -0.103 e. The van der Waals surface area contributed by atoms with E-state index in [0.29, 0.717) is 0 Å². The zero-order valence-electron chi connectivity index (χ0n) is 18.5. The number of rotatable bonds is 0. The predicted molar refractivity (Wildman–Crippen MR) is 112 cm³/mol. The maximum atomic E-state index is 3.57. The lowest BCUT2D eigenvalue weighted by atomic mass is 10.4. The van der Waals surface area contributed by atoms with Gasteiger partial charge in [-0.1, -0.05) is 102 Å². The van der Waals surface area contributed by atoms with E-state index in [0.717, 1.165) is 5.57 Å². The first-order valence-electron chi connectivity index (χ1n) is 8.84. The average molecular weight is 303 g/mol. The predicted octanol–water partition coefficient (Wildman–Crippen LogP) is 8.94. The van der Waals surface area contributed by atoms with E-state index in [2.05, 4.69) is 25.0 Å². The Balaban J connectivity index is -0.0000000165. The maximum Gasteiger partial charge on any atom is -0.00234 e. The molecular weight excluding hydrogens is 252 g/mol. The van der Waals surface area contributed by atoms with Crippen LogP contribution in [0, 0.1) is 11.8 Å². The molecule has 0 aliphatic rings. The Bertz CT molecular complexity index is 130. The van der Waals surface area contributed by atoms with Crippen molar-refractivity contribution in [3.05, 3.63) is 24.8 Å². The third kappa shape index (κ3) is 1330. The molecule has 21 heavy (non-hydrogen) atoms. The van der Waals surface area contributed by atoms with Crippen LogP contribution < -0.4 is 0 Å². The summed E-state index contributed by atoms with van der Waals surface area (Å²) in [7, 11) is 0. The van der Waals surface area contributed by atoms with Crippen LogP contribution in [0.2, 0.25) is 0 Å². The van der Waals surface area contributed by atoms with Gasteiger partial charge in [-0.3, -0.25) is 0 Å². The molecule has 0 radical (unpaired) electrons. The molecule has 0 heterocycles. The van der Waals surface area contributed by atoms with Gasteiger partial charge in [-0.25, -0.2) is 0 Å². The molecule has 0 N–H and O–H groups in total. The highest BCUT2D eigenvalue weighted by molar-refractivity contribution is 5.21. The molecule has 0 nitrogen and oxygen atoms in total. The SMILES string of the molecule is C=C(C)C#CC.C=CC.CC.CC.CC.CC.CC.CC. The fraction of sp³-hybridized carbons (Fsp3) is 0.714. The van der Waals surface area contributed by atoms with Crippen LogP contribution in [-0.4, -0.2) is 0 Å². The van der Waals surface area contributed by atoms with Crippen molar-refractivity contribution < 1.29 is 0 Å². The van der Waals surface area contributed by atoms with E-state index in [9.17, 15) is 0 Å². The third-order valence-corrected chi connectivity index (χ3v) is 0.338. The Morgan fingerprint density at radius 3 is 0.857 bits per heavy atom. The molecule has 0 amide bonds. The second kappa shape index (κ2) is 244. The Hall–Kier alpha value is -0.960. The highest BCUT2D eigenvalue weighted by atomic mass is 13.7. The molecule has 0 atom stereocenters. The van der Waals surface area contributed by atoms with Gasteiger partial charge in [-0.15, -0.1) is 12.5 Å². The smallest absolute Gasteiger partial charge is 0.00234 e. The summed E-state index contributed by atoms with van der Waals surface area (Å²) in [6, 6.07) is 0. The Morgan fingerprint density at radius 2 is 0.857 bits per heavy atom. The molecule has 0 rings (SSSR count). The molecule has 0 aromatic heterocycles. The summed E-state index contributed by atoms with van der Waals surface area (Å²) in [6.07, 6.45) is 1.75. The fourth-order valence-electron chi connectivity index (χ4n) is 0.213. The molecule has 0 aliphatic heterocycles. The third-order valence-electron chi connectivity index (χ3n) is 0.338. The van der Waals surface area contributed by atoms with Gasteiger partial charge in [-0.2, -0.15) is 0 Å². The van der Waals surface area contributed by atoms with E-state index in [1.54, 1.807) is 13.0 Å². The van der Waals surface area contributed by atoms with E-state index in [1.807, 2.05) is 96.9 Å². The maximum absolute atomic E-state index is 3.57. The van der Waals surface area contributed by atoms with Gasteiger partial charge < -0.3 is 0 Å². The van der Waals surface area contributed by atoms with Crippen LogP contribution in [0.4, 0.5) is 0 Å². The van der Waals surface area contributed by atoms with Gasteiger partial charge in [-0.05, 0) is 26.3 Å². The van der Waals surface area contributed by atoms with Crippen LogP contribution in [0.25, 0.3) is 0 Å². The van der Waals surface area contributed by atoms with Crippen LogP contribution in [0.3, 0.4) is 0 Å². The largest absolute Gasteiger partial charge is 0.103 e. The first-order chi connectivity index (χ1) is 10.2.